The summed E-state index contributed by atoms with van der Waals surface area (Å²) in [6, 6.07) is 19.6. The lowest BCUT2D eigenvalue weighted by Gasteiger charge is -2.43. The molecule has 1 amide bonds. The predicted molar refractivity (Wildman–Crippen MR) is 142 cm³/mol. The maximum Gasteiger partial charge on any atom is 0.223 e. The first-order valence-electron chi connectivity index (χ1n) is 13.1. The maximum atomic E-state index is 13.3. The van der Waals surface area contributed by atoms with Gasteiger partial charge in [0.1, 0.15) is 0 Å². The first-order valence-corrected chi connectivity index (χ1v) is 13.1. The number of carbonyl (C=O) groups excluding carboxylic acids is 1. The van der Waals surface area contributed by atoms with E-state index in [1.807, 2.05) is 0 Å². The minimum absolute atomic E-state index is 0.0586. The van der Waals surface area contributed by atoms with Crippen LogP contribution in [0.25, 0.3) is 10.9 Å². The first kappa shape index (κ1) is 24.5. The second-order valence-corrected chi connectivity index (χ2v) is 10.2. The van der Waals surface area contributed by atoms with Gasteiger partial charge in [0.2, 0.25) is 5.91 Å². The van der Waals surface area contributed by atoms with Gasteiger partial charge in [-0.25, -0.2) is 0 Å². The average molecular weight is 460 g/mol. The summed E-state index contributed by atoms with van der Waals surface area (Å²) in [5.41, 5.74) is 5.31. The lowest BCUT2D eigenvalue weighted by atomic mass is 9.80. The van der Waals surface area contributed by atoms with Crippen molar-refractivity contribution in [3.8, 4) is 0 Å². The van der Waals surface area contributed by atoms with Crippen molar-refractivity contribution in [3.05, 3.63) is 71.4 Å². The number of likely N-dealkylation sites (N-methyl/N-ethyl adjacent to an activating group) is 1. The Balaban J connectivity index is 1.66. The zero-order valence-corrected chi connectivity index (χ0v) is 21.4. The van der Waals surface area contributed by atoms with E-state index in [-0.39, 0.29) is 11.6 Å². The highest BCUT2D eigenvalue weighted by Gasteiger charge is 2.37. The maximum absolute atomic E-state index is 13.3. The number of hydrogen-bond donors (Lipinski definition) is 1. The highest BCUT2D eigenvalue weighted by molar-refractivity contribution is 5.86. The summed E-state index contributed by atoms with van der Waals surface area (Å²) in [5, 5.41) is 1.32. The van der Waals surface area contributed by atoms with Crippen LogP contribution >= 0.6 is 0 Å². The average Bonchev–Trinajstić information content (AvgIpc) is 3.24. The molecule has 4 rings (SSSR count). The summed E-state index contributed by atoms with van der Waals surface area (Å²) in [5.74, 6) is 0.311. The number of benzene rings is 2. The van der Waals surface area contributed by atoms with Crippen LogP contribution in [0.3, 0.4) is 0 Å². The largest absolute Gasteiger partial charge is 0.356 e. The zero-order valence-electron chi connectivity index (χ0n) is 21.4. The van der Waals surface area contributed by atoms with Crippen molar-refractivity contribution in [3.63, 3.8) is 0 Å². The van der Waals surface area contributed by atoms with Crippen molar-refractivity contribution >= 4 is 16.8 Å². The Morgan fingerprint density at radius 1 is 1.09 bits per heavy atom. The van der Waals surface area contributed by atoms with E-state index in [1.54, 1.807) is 0 Å². The molecule has 3 aromatic rings. The SMILES string of the molecule is CCCCC(=O)N1CCc2c([nH]c3ccccc23)C1CCC(CC)(Cc1ccccc1)N(C)C. The van der Waals surface area contributed by atoms with E-state index in [9.17, 15) is 4.79 Å². The fourth-order valence-electron chi connectivity index (χ4n) is 5.86. The molecule has 2 atom stereocenters. The van der Waals surface area contributed by atoms with Crippen molar-refractivity contribution in [2.75, 3.05) is 20.6 Å². The molecular formula is C30H41N3O. The molecule has 0 saturated heterocycles. The molecule has 4 heteroatoms. The van der Waals surface area contributed by atoms with Gasteiger partial charge in [0.25, 0.3) is 0 Å². The Bertz CT molecular complexity index is 1090. The van der Waals surface area contributed by atoms with Gasteiger partial charge in [0.15, 0.2) is 0 Å². The molecule has 4 nitrogen and oxygen atoms in total. The molecule has 1 aliphatic heterocycles. The lowest BCUT2D eigenvalue weighted by molar-refractivity contribution is -0.134. The Morgan fingerprint density at radius 2 is 1.82 bits per heavy atom. The number of hydrogen-bond acceptors (Lipinski definition) is 2. The number of rotatable bonds is 10. The van der Waals surface area contributed by atoms with E-state index in [2.05, 4.69) is 97.3 Å². The molecule has 0 saturated carbocycles. The van der Waals surface area contributed by atoms with Crippen LogP contribution in [0.5, 0.6) is 0 Å². The third-order valence-electron chi connectivity index (χ3n) is 8.09. The van der Waals surface area contributed by atoms with E-state index in [0.29, 0.717) is 12.3 Å². The highest BCUT2D eigenvalue weighted by Crippen LogP contribution is 2.40. The highest BCUT2D eigenvalue weighted by atomic mass is 16.2. The van der Waals surface area contributed by atoms with Crippen molar-refractivity contribution in [2.24, 2.45) is 0 Å². The van der Waals surface area contributed by atoms with Crippen LogP contribution in [-0.4, -0.2) is 46.9 Å². The van der Waals surface area contributed by atoms with Gasteiger partial charge in [-0.15, -0.1) is 0 Å². The lowest BCUT2D eigenvalue weighted by Crippen LogP contribution is -2.47. The number of unbranched alkanes of at least 4 members (excludes halogenated alkanes) is 1. The predicted octanol–water partition coefficient (Wildman–Crippen LogP) is 6.52. The van der Waals surface area contributed by atoms with E-state index >= 15 is 0 Å². The fraction of sp³-hybridized carbons (Fsp3) is 0.500. The molecule has 2 aromatic carbocycles. The molecular weight excluding hydrogens is 418 g/mol. The molecule has 2 unspecified atom stereocenters. The molecule has 0 bridgehead atoms. The van der Waals surface area contributed by atoms with Crippen LogP contribution < -0.4 is 0 Å². The number of H-pyrrole nitrogens is 1. The summed E-state index contributed by atoms with van der Waals surface area (Å²) in [6.45, 7) is 5.29. The minimum atomic E-state index is 0.0586. The molecule has 0 aliphatic carbocycles. The van der Waals surface area contributed by atoms with Crippen molar-refractivity contribution < 1.29 is 4.79 Å². The molecule has 0 radical (unpaired) electrons. The summed E-state index contributed by atoms with van der Waals surface area (Å²) in [7, 11) is 4.43. The second kappa shape index (κ2) is 10.8. The van der Waals surface area contributed by atoms with Gasteiger partial charge in [-0.05, 0) is 69.8 Å². The van der Waals surface area contributed by atoms with Crippen molar-refractivity contribution in [1.29, 1.82) is 0 Å². The normalized spacial score (nSPS) is 17.7. The van der Waals surface area contributed by atoms with Crippen LogP contribution in [0.4, 0.5) is 0 Å². The van der Waals surface area contributed by atoms with Gasteiger partial charge >= 0.3 is 0 Å². The van der Waals surface area contributed by atoms with E-state index in [1.165, 1.54) is 27.7 Å². The number of aromatic nitrogens is 1. The summed E-state index contributed by atoms with van der Waals surface area (Å²) in [6.07, 6.45) is 7.71. The zero-order chi connectivity index (χ0) is 24.1. The molecule has 0 fully saturated rings. The van der Waals surface area contributed by atoms with E-state index in [0.717, 1.165) is 51.5 Å². The van der Waals surface area contributed by atoms with Crippen LogP contribution in [0, 0.1) is 0 Å². The van der Waals surface area contributed by atoms with Gasteiger partial charge in [-0.1, -0.05) is 68.8 Å². The van der Waals surface area contributed by atoms with E-state index in [4.69, 9.17) is 0 Å². The van der Waals surface area contributed by atoms with Gasteiger partial charge < -0.3 is 14.8 Å². The minimum Gasteiger partial charge on any atom is -0.356 e. The molecule has 2 heterocycles. The number of para-hydroxylation sites is 1. The number of fused-ring (bicyclic) bond motifs is 3. The third kappa shape index (κ3) is 4.93. The molecule has 0 spiro atoms. The number of nitrogens with zero attached hydrogens (tertiary/aromatic N) is 2. The summed E-state index contributed by atoms with van der Waals surface area (Å²) < 4.78 is 0. The quantitative estimate of drug-likeness (QED) is 0.375. The first-order chi connectivity index (χ1) is 16.5. The Kier molecular flexibility index (Phi) is 7.77. The second-order valence-electron chi connectivity index (χ2n) is 10.2. The number of carbonyl (C=O) groups is 1. The summed E-state index contributed by atoms with van der Waals surface area (Å²) in [4.78, 5) is 21.6. The smallest absolute Gasteiger partial charge is 0.223 e. The Morgan fingerprint density at radius 3 is 2.53 bits per heavy atom. The van der Waals surface area contributed by atoms with Gasteiger partial charge in [-0.2, -0.15) is 0 Å². The summed E-state index contributed by atoms with van der Waals surface area (Å²) >= 11 is 0. The molecule has 182 valence electrons. The monoisotopic (exact) mass is 459 g/mol. The number of nitrogens with one attached hydrogen (secondary N) is 1. The number of aromatic amines is 1. The van der Waals surface area contributed by atoms with Crippen LogP contribution in [0.1, 0.15) is 75.2 Å². The Hall–Kier alpha value is -2.59. The van der Waals surface area contributed by atoms with E-state index < -0.39 is 0 Å². The molecule has 1 aromatic heterocycles. The van der Waals surface area contributed by atoms with Gasteiger partial charge in [0.05, 0.1) is 6.04 Å². The molecule has 1 aliphatic rings. The molecule has 1 N–H and O–H groups in total. The van der Waals surface area contributed by atoms with Crippen molar-refractivity contribution in [2.45, 2.75) is 76.8 Å². The van der Waals surface area contributed by atoms with Gasteiger partial charge in [-0.3, -0.25) is 4.79 Å². The van der Waals surface area contributed by atoms with Crippen LogP contribution in [0.15, 0.2) is 54.6 Å². The third-order valence-corrected chi connectivity index (χ3v) is 8.09. The van der Waals surface area contributed by atoms with Crippen LogP contribution in [-0.2, 0) is 17.6 Å². The van der Waals surface area contributed by atoms with Gasteiger partial charge in [0, 0.05) is 35.1 Å². The molecule has 34 heavy (non-hydrogen) atoms. The van der Waals surface area contributed by atoms with Crippen LogP contribution in [0.2, 0.25) is 0 Å². The standard InChI is InChI=1S/C30H41N3O/c1-5-7-17-28(34)33-21-19-25-24-15-11-12-16-26(24)31-29(25)27(33)18-20-30(6-2,32(3)4)22-23-13-9-8-10-14-23/h8-16,27,31H,5-7,17-22H2,1-4H3. The Labute approximate surface area is 205 Å². The van der Waals surface area contributed by atoms with Crippen molar-refractivity contribution in [1.82, 2.24) is 14.8 Å². The number of amides is 1. The fourth-order valence-corrected chi connectivity index (χ4v) is 5.86. The topological polar surface area (TPSA) is 39.3 Å².